The monoisotopic (exact) mass is 186 g/mol. The van der Waals surface area contributed by atoms with Gasteiger partial charge in [-0.15, -0.1) is 0 Å². The molecule has 0 aliphatic rings. The standard InChI is InChI=1S/C11H26N2/c1-9(2)10(13(5)6)11(3,4)7-8-12/h9-10H,7-8,12H2,1-6H3. The normalized spacial score (nSPS) is 15.5. The maximum absolute atomic E-state index is 5.63. The van der Waals surface area contributed by atoms with Gasteiger partial charge in [0.05, 0.1) is 0 Å². The lowest BCUT2D eigenvalue weighted by molar-refractivity contribution is 0.0875. The second-order valence-electron chi connectivity index (χ2n) is 5.18. The van der Waals surface area contributed by atoms with E-state index in [0.717, 1.165) is 13.0 Å². The molecule has 0 rings (SSSR count). The maximum atomic E-state index is 5.63. The molecule has 0 fully saturated rings. The summed E-state index contributed by atoms with van der Waals surface area (Å²) in [5.74, 6) is 0.677. The van der Waals surface area contributed by atoms with Gasteiger partial charge in [0.15, 0.2) is 0 Å². The average molecular weight is 186 g/mol. The van der Waals surface area contributed by atoms with Crippen LogP contribution in [0.15, 0.2) is 0 Å². The summed E-state index contributed by atoms with van der Waals surface area (Å²) in [6, 6.07) is 0.607. The topological polar surface area (TPSA) is 29.3 Å². The number of nitrogens with two attached hydrogens (primary N) is 1. The van der Waals surface area contributed by atoms with E-state index in [4.69, 9.17) is 5.73 Å². The van der Waals surface area contributed by atoms with Gasteiger partial charge in [0.25, 0.3) is 0 Å². The molecule has 0 aliphatic heterocycles. The van der Waals surface area contributed by atoms with Crippen LogP contribution < -0.4 is 5.73 Å². The predicted octanol–water partition coefficient (Wildman–Crippen LogP) is 1.95. The second kappa shape index (κ2) is 4.97. The first-order valence-electron chi connectivity index (χ1n) is 5.19. The molecule has 2 nitrogen and oxygen atoms in total. The summed E-state index contributed by atoms with van der Waals surface area (Å²) in [4.78, 5) is 2.32. The number of rotatable bonds is 5. The quantitative estimate of drug-likeness (QED) is 0.711. The molecule has 13 heavy (non-hydrogen) atoms. The van der Waals surface area contributed by atoms with E-state index < -0.39 is 0 Å². The first-order chi connectivity index (χ1) is 5.83. The summed E-state index contributed by atoms with van der Waals surface area (Å²) in [5.41, 5.74) is 5.95. The van der Waals surface area contributed by atoms with Crippen LogP contribution in [0.3, 0.4) is 0 Å². The van der Waals surface area contributed by atoms with Gasteiger partial charge in [-0.3, -0.25) is 0 Å². The first-order valence-corrected chi connectivity index (χ1v) is 5.19. The predicted molar refractivity (Wildman–Crippen MR) is 59.8 cm³/mol. The van der Waals surface area contributed by atoms with Gasteiger partial charge in [0.1, 0.15) is 0 Å². The minimum atomic E-state index is 0.312. The Kier molecular flexibility index (Phi) is 4.93. The van der Waals surface area contributed by atoms with E-state index in [0.29, 0.717) is 17.4 Å². The molecular formula is C11H26N2. The summed E-state index contributed by atoms with van der Waals surface area (Å²) >= 11 is 0. The van der Waals surface area contributed by atoms with Crippen molar-refractivity contribution in [3.05, 3.63) is 0 Å². The van der Waals surface area contributed by atoms with E-state index in [1.54, 1.807) is 0 Å². The molecule has 80 valence electrons. The molecule has 0 aromatic carbocycles. The minimum Gasteiger partial charge on any atom is -0.330 e. The number of hydrogen-bond donors (Lipinski definition) is 1. The van der Waals surface area contributed by atoms with Gasteiger partial charge in [0, 0.05) is 6.04 Å². The highest BCUT2D eigenvalue weighted by atomic mass is 15.1. The van der Waals surface area contributed by atoms with E-state index >= 15 is 0 Å². The largest absolute Gasteiger partial charge is 0.330 e. The van der Waals surface area contributed by atoms with Gasteiger partial charge in [0.2, 0.25) is 0 Å². The Balaban J connectivity index is 4.52. The van der Waals surface area contributed by atoms with Crippen molar-refractivity contribution >= 4 is 0 Å². The molecule has 0 amide bonds. The fourth-order valence-electron chi connectivity index (χ4n) is 2.72. The van der Waals surface area contributed by atoms with E-state index in [2.05, 4.69) is 46.7 Å². The molecule has 1 unspecified atom stereocenters. The minimum absolute atomic E-state index is 0.312. The molecule has 0 aromatic heterocycles. The van der Waals surface area contributed by atoms with E-state index in [9.17, 15) is 0 Å². The van der Waals surface area contributed by atoms with Gasteiger partial charge >= 0.3 is 0 Å². The molecule has 2 N–H and O–H groups in total. The van der Waals surface area contributed by atoms with Gasteiger partial charge in [-0.05, 0) is 38.4 Å². The number of nitrogens with zero attached hydrogens (tertiary/aromatic N) is 1. The van der Waals surface area contributed by atoms with Gasteiger partial charge in [-0.1, -0.05) is 27.7 Å². The Morgan fingerprint density at radius 3 is 1.92 bits per heavy atom. The highest BCUT2D eigenvalue weighted by Gasteiger charge is 2.32. The van der Waals surface area contributed by atoms with Gasteiger partial charge in [-0.25, -0.2) is 0 Å². The van der Waals surface area contributed by atoms with Crippen molar-refractivity contribution in [3.8, 4) is 0 Å². The van der Waals surface area contributed by atoms with Crippen molar-refractivity contribution in [1.82, 2.24) is 4.90 Å². The molecule has 0 saturated carbocycles. The molecule has 0 heterocycles. The molecule has 1 atom stereocenters. The maximum Gasteiger partial charge on any atom is 0.0164 e. The van der Waals surface area contributed by atoms with Crippen LogP contribution in [0.1, 0.15) is 34.1 Å². The van der Waals surface area contributed by atoms with Crippen molar-refractivity contribution in [2.75, 3.05) is 20.6 Å². The van der Waals surface area contributed by atoms with Crippen molar-refractivity contribution in [2.24, 2.45) is 17.1 Å². The van der Waals surface area contributed by atoms with Crippen LogP contribution in [0, 0.1) is 11.3 Å². The highest BCUT2D eigenvalue weighted by Crippen LogP contribution is 2.32. The zero-order chi connectivity index (χ0) is 10.6. The van der Waals surface area contributed by atoms with E-state index in [-0.39, 0.29) is 0 Å². The van der Waals surface area contributed by atoms with Crippen molar-refractivity contribution in [2.45, 2.75) is 40.2 Å². The third-order valence-corrected chi connectivity index (χ3v) is 2.78. The summed E-state index contributed by atoms with van der Waals surface area (Å²) < 4.78 is 0. The number of hydrogen-bond acceptors (Lipinski definition) is 2. The Labute approximate surface area is 83.5 Å². The van der Waals surface area contributed by atoms with Crippen molar-refractivity contribution in [3.63, 3.8) is 0 Å². The van der Waals surface area contributed by atoms with Gasteiger partial charge < -0.3 is 10.6 Å². The summed E-state index contributed by atoms with van der Waals surface area (Å²) in [6.07, 6.45) is 1.09. The van der Waals surface area contributed by atoms with E-state index in [1.165, 1.54) is 0 Å². The molecular weight excluding hydrogens is 160 g/mol. The van der Waals surface area contributed by atoms with Crippen LogP contribution in [0.5, 0.6) is 0 Å². The zero-order valence-corrected chi connectivity index (χ0v) is 10.1. The molecule has 0 spiro atoms. The summed E-state index contributed by atoms with van der Waals surface area (Å²) in [5, 5.41) is 0. The van der Waals surface area contributed by atoms with Crippen LogP contribution >= 0.6 is 0 Å². The lowest BCUT2D eigenvalue weighted by Crippen LogP contribution is -2.45. The molecule has 0 radical (unpaired) electrons. The van der Waals surface area contributed by atoms with Crippen molar-refractivity contribution in [1.29, 1.82) is 0 Å². The van der Waals surface area contributed by atoms with Crippen LogP contribution in [-0.2, 0) is 0 Å². The molecule has 0 aliphatic carbocycles. The van der Waals surface area contributed by atoms with Crippen LogP contribution in [0.2, 0.25) is 0 Å². The highest BCUT2D eigenvalue weighted by molar-refractivity contribution is 4.86. The second-order valence-corrected chi connectivity index (χ2v) is 5.18. The zero-order valence-electron chi connectivity index (χ0n) is 10.1. The fourth-order valence-corrected chi connectivity index (χ4v) is 2.72. The fraction of sp³-hybridized carbons (Fsp3) is 1.00. The van der Waals surface area contributed by atoms with E-state index in [1.807, 2.05) is 0 Å². The Morgan fingerprint density at radius 2 is 1.69 bits per heavy atom. The third-order valence-electron chi connectivity index (χ3n) is 2.78. The molecule has 0 saturated heterocycles. The van der Waals surface area contributed by atoms with Crippen LogP contribution in [0.4, 0.5) is 0 Å². The van der Waals surface area contributed by atoms with Crippen molar-refractivity contribution < 1.29 is 0 Å². The Bertz CT molecular complexity index is 131. The Hall–Kier alpha value is -0.0800. The third kappa shape index (κ3) is 3.65. The lowest BCUT2D eigenvalue weighted by Gasteiger charge is -2.41. The SMILES string of the molecule is CC(C)C(N(C)C)C(C)(C)CCN. The first kappa shape index (κ1) is 12.9. The summed E-state index contributed by atoms with van der Waals surface area (Å²) in [7, 11) is 4.31. The van der Waals surface area contributed by atoms with Crippen LogP contribution in [0.25, 0.3) is 0 Å². The van der Waals surface area contributed by atoms with Gasteiger partial charge in [-0.2, -0.15) is 0 Å². The molecule has 0 bridgehead atoms. The smallest absolute Gasteiger partial charge is 0.0164 e. The van der Waals surface area contributed by atoms with Crippen LogP contribution in [-0.4, -0.2) is 31.6 Å². The molecule has 0 aromatic rings. The lowest BCUT2D eigenvalue weighted by atomic mass is 9.75. The Morgan fingerprint density at radius 1 is 1.23 bits per heavy atom. The summed E-state index contributed by atoms with van der Waals surface area (Å²) in [6.45, 7) is 9.96. The average Bonchev–Trinajstić information content (AvgIpc) is 1.82. The molecule has 2 heteroatoms.